The molecule has 0 saturated carbocycles. The molecule has 0 unspecified atom stereocenters. The molecule has 2 heterocycles. The van der Waals surface area contributed by atoms with Crippen LogP contribution in [0.15, 0.2) is 36.5 Å². The predicted molar refractivity (Wildman–Crippen MR) is 90.8 cm³/mol. The van der Waals surface area contributed by atoms with Crippen LogP contribution in [0.1, 0.15) is 25.3 Å². The number of aromatic nitrogens is 3. The van der Waals surface area contributed by atoms with E-state index in [9.17, 15) is 4.39 Å². The average Bonchev–Trinajstić information content (AvgIpc) is 2.92. The normalized spacial score (nSPS) is 11.0. The number of benzene rings is 1. The summed E-state index contributed by atoms with van der Waals surface area (Å²) in [6.45, 7) is 3.37. The second-order valence-electron chi connectivity index (χ2n) is 5.48. The Kier molecular flexibility index (Phi) is 4.41. The molecule has 0 bridgehead atoms. The van der Waals surface area contributed by atoms with Crippen molar-refractivity contribution in [1.82, 2.24) is 14.5 Å². The summed E-state index contributed by atoms with van der Waals surface area (Å²) in [6, 6.07) is 8.64. The van der Waals surface area contributed by atoms with E-state index in [1.165, 1.54) is 6.07 Å². The number of nitrogens with two attached hydrogens (primary N) is 1. The zero-order valence-electron chi connectivity index (χ0n) is 13.1. The first kappa shape index (κ1) is 15.3. The zero-order chi connectivity index (χ0) is 16.2. The molecule has 0 amide bonds. The summed E-state index contributed by atoms with van der Waals surface area (Å²) in [5, 5.41) is 3.31. The number of hydrogen-bond acceptors (Lipinski definition) is 4. The highest BCUT2D eigenvalue weighted by atomic mass is 19.1. The van der Waals surface area contributed by atoms with Crippen LogP contribution in [0.4, 0.5) is 16.2 Å². The number of hydrogen-bond donors (Lipinski definition) is 2. The highest BCUT2D eigenvalue weighted by Gasteiger charge is 2.12. The minimum absolute atomic E-state index is 0.216. The van der Waals surface area contributed by atoms with E-state index >= 15 is 0 Å². The van der Waals surface area contributed by atoms with Gasteiger partial charge in [-0.05, 0) is 18.6 Å². The van der Waals surface area contributed by atoms with Crippen molar-refractivity contribution in [3.63, 3.8) is 0 Å². The van der Waals surface area contributed by atoms with Gasteiger partial charge in [0.1, 0.15) is 11.3 Å². The molecule has 120 valence electrons. The Balaban J connectivity index is 1.99. The molecule has 0 aliphatic rings. The Morgan fingerprint density at radius 3 is 2.83 bits per heavy atom. The van der Waals surface area contributed by atoms with Crippen molar-refractivity contribution in [2.75, 3.05) is 17.6 Å². The van der Waals surface area contributed by atoms with Gasteiger partial charge in [-0.1, -0.05) is 31.5 Å². The van der Waals surface area contributed by atoms with Crippen LogP contribution in [-0.4, -0.2) is 21.1 Å². The summed E-state index contributed by atoms with van der Waals surface area (Å²) < 4.78 is 15.9. The predicted octanol–water partition coefficient (Wildman–Crippen LogP) is 3.41. The Bertz CT molecular complexity index is 812. The van der Waals surface area contributed by atoms with Crippen molar-refractivity contribution >= 4 is 22.8 Å². The zero-order valence-corrected chi connectivity index (χ0v) is 13.1. The highest BCUT2D eigenvalue weighted by Crippen LogP contribution is 2.24. The molecule has 2 aromatic heterocycles. The van der Waals surface area contributed by atoms with Crippen molar-refractivity contribution in [3.8, 4) is 0 Å². The van der Waals surface area contributed by atoms with Gasteiger partial charge >= 0.3 is 0 Å². The van der Waals surface area contributed by atoms with Crippen LogP contribution in [0, 0.1) is 5.82 Å². The summed E-state index contributed by atoms with van der Waals surface area (Å²) in [6.07, 6.45) is 4.02. The molecule has 5 nitrogen and oxygen atoms in total. The van der Waals surface area contributed by atoms with Gasteiger partial charge in [0.2, 0.25) is 5.95 Å². The summed E-state index contributed by atoms with van der Waals surface area (Å²) in [5.74, 6) is 0.716. The molecular formula is C17H20FN5. The molecule has 0 aliphatic heterocycles. The Hall–Kier alpha value is -2.63. The molecule has 3 N–H and O–H groups in total. The van der Waals surface area contributed by atoms with Crippen molar-refractivity contribution in [1.29, 1.82) is 0 Å². The second-order valence-corrected chi connectivity index (χ2v) is 5.48. The summed E-state index contributed by atoms with van der Waals surface area (Å²) in [4.78, 5) is 8.57. The number of unbranched alkanes of at least 4 members (excludes halogenated alkanes) is 1. The van der Waals surface area contributed by atoms with Crippen LogP contribution in [0.2, 0.25) is 0 Å². The van der Waals surface area contributed by atoms with E-state index < -0.39 is 0 Å². The van der Waals surface area contributed by atoms with E-state index in [1.54, 1.807) is 12.1 Å². The van der Waals surface area contributed by atoms with E-state index in [1.807, 2.05) is 22.9 Å². The number of rotatable bonds is 6. The number of halogens is 1. The van der Waals surface area contributed by atoms with E-state index in [0.29, 0.717) is 17.9 Å². The molecule has 3 aromatic rings. The van der Waals surface area contributed by atoms with Crippen LogP contribution in [0.5, 0.6) is 0 Å². The summed E-state index contributed by atoms with van der Waals surface area (Å²) >= 11 is 0. The standard InChI is InChI=1S/C17H20FN5/c1-2-3-9-20-16-15-14(21-17(19)22-16)8-10-23(15)11-12-6-4-5-7-13(12)18/h4-8,10H,2-3,9,11H2,1H3,(H3,19,20,21,22). The van der Waals surface area contributed by atoms with Crippen LogP contribution in [0.3, 0.4) is 0 Å². The van der Waals surface area contributed by atoms with Gasteiger partial charge in [0, 0.05) is 18.3 Å². The maximum Gasteiger partial charge on any atom is 0.222 e. The number of nitrogens with zero attached hydrogens (tertiary/aromatic N) is 3. The Labute approximate surface area is 134 Å². The van der Waals surface area contributed by atoms with Crippen molar-refractivity contribution in [2.45, 2.75) is 26.3 Å². The molecule has 0 saturated heterocycles. The maximum absolute atomic E-state index is 13.9. The van der Waals surface area contributed by atoms with Crippen molar-refractivity contribution in [2.24, 2.45) is 0 Å². The van der Waals surface area contributed by atoms with E-state index in [4.69, 9.17) is 5.73 Å². The first-order valence-electron chi connectivity index (χ1n) is 7.78. The van der Waals surface area contributed by atoms with Crippen LogP contribution < -0.4 is 11.1 Å². The van der Waals surface area contributed by atoms with Crippen molar-refractivity contribution < 1.29 is 4.39 Å². The fourth-order valence-corrected chi connectivity index (χ4v) is 2.57. The summed E-state index contributed by atoms with van der Waals surface area (Å²) in [5.41, 5.74) is 8.01. The molecule has 0 fully saturated rings. The van der Waals surface area contributed by atoms with E-state index in [-0.39, 0.29) is 11.8 Å². The lowest BCUT2D eigenvalue weighted by Gasteiger charge is -2.11. The number of nitrogens with one attached hydrogen (secondary N) is 1. The second kappa shape index (κ2) is 6.64. The number of nitrogen functional groups attached to an aromatic ring is 1. The van der Waals surface area contributed by atoms with E-state index in [2.05, 4.69) is 22.2 Å². The van der Waals surface area contributed by atoms with Gasteiger partial charge in [0.15, 0.2) is 5.82 Å². The smallest absolute Gasteiger partial charge is 0.222 e. The first-order valence-corrected chi connectivity index (χ1v) is 7.78. The Morgan fingerprint density at radius 1 is 1.22 bits per heavy atom. The van der Waals surface area contributed by atoms with Crippen LogP contribution in [-0.2, 0) is 6.54 Å². The van der Waals surface area contributed by atoms with Crippen molar-refractivity contribution in [3.05, 3.63) is 47.9 Å². The third-order valence-electron chi connectivity index (χ3n) is 3.75. The third-order valence-corrected chi connectivity index (χ3v) is 3.75. The highest BCUT2D eigenvalue weighted by molar-refractivity contribution is 5.87. The van der Waals surface area contributed by atoms with Gasteiger partial charge in [-0.3, -0.25) is 0 Å². The molecule has 6 heteroatoms. The Morgan fingerprint density at radius 2 is 2.04 bits per heavy atom. The largest absolute Gasteiger partial charge is 0.368 e. The first-order chi connectivity index (χ1) is 11.2. The van der Waals surface area contributed by atoms with Crippen LogP contribution >= 0.6 is 0 Å². The van der Waals surface area contributed by atoms with Gasteiger partial charge in [-0.25, -0.2) is 9.37 Å². The SMILES string of the molecule is CCCCNc1nc(N)nc2ccn(Cc3ccccc3F)c12. The lowest BCUT2D eigenvalue weighted by molar-refractivity contribution is 0.602. The molecule has 0 atom stereocenters. The van der Waals surface area contributed by atoms with Gasteiger partial charge in [0.25, 0.3) is 0 Å². The van der Waals surface area contributed by atoms with Gasteiger partial charge in [0.05, 0.1) is 12.1 Å². The minimum atomic E-state index is -0.216. The average molecular weight is 313 g/mol. The lowest BCUT2D eigenvalue weighted by Crippen LogP contribution is -2.09. The number of anilines is 2. The molecule has 23 heavy (non-hydrogen) atoms. The van der Waals surface area contributed by atoms with E-state index in [0.717, 1.165) is 30.4 Å². The third kappa shape index (κ3) is 3.26. The van der Waals surface area contributed by atoms with Gasteiger partial charge in [-0.2, -0.15) is 4.98 Å². The minimum Gasteiger partial charge on any atom is -0.368 e. The fraction of sp³-hybridized carbons (Fsp3) is 0.294. The topological polar surface area (TPSA) is 68.8 Å². The number of fused-ring (bicyclic) bond motifs is 1. The molecule has 0 radical (unpaired) electrons. The molecule has 0 aliphatic carbocycles. The summed E-state index contributed by atoms with van der Waals surface area (Å²) in [7, 11) is 0. The van der Waals surface area contributed by atoms with Gasteiger partial charge < -0.3 is 15.6 Å². The molecular weight excluding hydrogens is 293 g/mol. The van der Waals surface area contributed by atoms with Crippen LogP contribution in [0.25, 0.3) is 11.0 Å². The monoisotopic (exact) mass is 313 g/mol. The fourth-order valence-electron chi connectivity index (χ4n) is 2.57. The molecule has 3 rings (SSSR count). The lowest BCUT2D eigenvalue weighted by atomic mass is 10.2. The molecule has 1 aromatic carbocycles. The quantitative estimate of drug-likeness (QED) is 0.684. The van der Waals surface area contributed by atoms with Gasteiger partial charge in [-0.15, -0.1) is 0 Å². The molecule has 0 spiro atoms. The maximum atomic E-state index is 13.9.